The SMILES string of the molecule is CCOc1cc(/C=C(\Sc2nnc(C)o2)C(=O)O)ccc1OCc1ccc(Cl)cc1. The lowest BCUT2D eigenvalue weighted by Gasteiger charge is -2.13. The van der Waals surface area contributed by atoms with Gasteiger partial charge in [-0.15, -0.1) is 10.2 Å². The van der Waals surface area contributed by atoms with Gasteiger partial charge >= 0.3 is 5.97 Å². The van der Waals surface area contributed by atoms with Crippen LogP contribution in [0.5, 0.6) is 11.5 Å². The van der Waals surface area contributed by atoms with Gasteiger partial charge < -0.3 is 19.0 Å². The summed E-state index contributed by atoms with van der Waals surface area (Å²) in [6.07, 6.45) is 1.51. The summed E-state index contributed by atoms with van der Waals surface area (Å²) in [5, 5.41) is 17.9. The lowest BCUT2D eigenvalue weighted by molar-refractivity contribution is -0.131. The third kappa shape index (κ3) is 6.01. The van der Waals surface area contributed by atoms with Gasteiger partial charge in [0, 0.05) is 11.9 Å². The molecular formula is C21H19ClN2O5S. The molecule has 0 amide bonds. The molecule has 0 radical (unpaired) electrons. The van der Waals surface area contributed by atoms with E-state index in [1.807, 2.05) is 19.1 Å². The Labute approximate surface area is 182 Å². The average Bonchev–Trinajstić information content (AvgIpc) is 3.13. The van der Waals surface area contributed by atoms with Gasteiger partial charge in [0.2, 0.25) is 5.89 Å². The molecule has 0 aliphatic heterocycles. The molecule has 0 unspecified atom stereocenters. The zero-order valence-electron chi connectivity index (χ0n) is 16.3. The molecule has 0 aliphatic carbocycles. The van der Waals surface area contributed by atoms with E-state index in [0.717, 1.165) is 17.3 Å². The topological polar surface area (TPSA) is 94.7 Å². The van der Waals surface area contributed by atoms with Gasteiger partial charge in [0.1, 0.15) is 11.5 Å². The third-order valence-electron chi connectivity index (χ3n) is 3.79. The second-order valence-electron chi connectivity index (χ2n) is 6.06. The number of aromatic nitrogens is 2. The number of nitrogens with zero attached hydrogens (tertiary/aromatic N) is 2. The Kier molecular flexibility index (Phi) is 7.37. The Morgan fingerprint density at radius 2 is 1.93 bits per heavy atom. The van der Waals surface area contributed by atoms with Gasteiger partial charge in [-0.05, 0) is 60.2 Å². The molecule has 0 bridgehead atoms. The predicted molar refractivity (Wildman–Crippen MR) is 114 cm³/mol. The molecule has 7 nitrogen and oxygen atoms in total. The van der Waals surface area contributed by atoms with Gasteiger partial charge in [0.25, 0.3) is 5.22 Å². The lowest BCUT2D eigenvalue weighted by Crippen LogP contribution is -2.00. The Morgan fingerprint density at radius 1 is 1.17 bits per heavy atom. The summed E-state index contributed by atoms with van der Waals surface area (Å²) in [6, 6.07) is 12.6. The molecule has 1 N–H and O–H groups in total. The molecule has 0 fully saturated rings. The van der Waals surface area contributed by atoms with Crippen LogP contribution in [0.4, 0.5) is 0 Å². The molecule has 0 atom stereocenters. The summed E-state index contributed by atoms with van der Waals surface area (Å²) in [4.78, 5) is 11.7. The molecular weight excluding hydrogens is 428 g/mol. The summed E-state index contributed by atoms with van der Waals surface area (Å²) in [5.41, 5.74) is 1.60. The quantitative estimate of drug-likeness (QED) is 0.353. The summed E-state index contributed by atoms with van der Waals surface area (Å²) in [7, 11) is 0. The first-order chi connectivity index (χ1) is 14.4. The summed E-state index contributed by atoms with van der Waals surface area (Å²) in [5.74, 6) is 0.338. The van der Waals surface area contributed by atoms with Gasteiger partial charge in [-0.25, -0.2) is 4.79 Å². The molecule has 0 saturated heterocycles. The van der Waals surface area contributed by atoms with Crippen molar-refractivity contribution in [3.8, 4) is 11.5 Å². The second kappa shape index (κ2) is 10.2. The van der Waals surface area contributed by atoms with Crippen molar-refractivity contribution in [1.29, 1.82) is 0 Å². The zero-order chi connectivity index (χ0) is 21.5. The van der Waals surface area contributed by atoms with Crippen LogP contribution in [0, 0.1) is 6.92 Å². The van der Waals surface area contributed by atoms with Crippen LogP contribution in [0.1, 0.15) is 23.9 Å². The number of carbonyl (C=O) groups is 1. The van der Waals surface area contributed by atoms with Gasteiger partial charge in [-0.3, -0.25) is 0 Å². The number of aryl methyl sites for hydroxylation is 1. The van der Waals surface area contributed by atoms with Gasteiger partial charge in [-0.2, -0.15) is 0 Å². The fourth-order valence-corrected chi connectivity index (χ4v) is 3.28. The number of carboxylic acids is 1. The number of hydrogen-bond acceptors (Lipinski definition) is 7. The first-order valence-electron chi connectivity index (χ1n) is 9.01. The van der Waals surface area contributed by atoms with E-state index in [9.17, 15) is 9.90 Å². The standard InChI is InChI=1S/C21H19ClN2O5S/c1-3-27-18-10-15(11-19(20(25)26)30-21-24-23-13(2)29-21)6-9-17(18)28-12-14-4-7-16(22)8-5-14/h4-11H,3,12H2,1-2H3,(H,25,26)/b19-11-. The van der Waals surface area contributed by atoms with Crippen molar-refractivity contribution in [1.82, 2.24) is 10.2 Å². The number of rotatable bonds is 9. The Balaban J connectivity index is 1.80. The highest BCUT2D eigenvalue weighted by Crippen LogP contribution is 2.32. The number of halogens is 1. The molecule has 0 spiro atoms. The van der Waals surface area contributed by atoms with E-state index in [0.29, 0.717) is 41.2 Å². The van der Waals surface area contributed by atoms with Crippen LogP contribution in [0.2, 0.25) is 5.02 Å². The van der Waals surface area contributed by atoms with Crippen LogP contribution in [0.3, 0.4) is 0 Å². The van der Waals surface area contributed by atoms with E-state index < -0.39 is 5.97 Å². The van der Waals surface area contributed by atoms with Crippen LogP contribution >= 0.6 is 23.4 Å². The minimum atomic E-state index is -1.10. The molecule has 1 aromatic heterocycles. The van der Waals surface area contributed by atoms with Crippen molar-refractivity contribution in [2.75, 3.05) is 6.61 Å². The van der Waals surface area contributed by atoms with Crippen molar-refractivity contribution in [2.24, 2.45) is 0 Å². The van der Waals surface area contributed by atoms with Gasteiger partial charge in [0.15, 0.2) is 11.5 Å². The lowest BCUT2D eigenvalue weighted by atomic mass is 10.2. The number of hydrogen-bond donors (Lipinski definition) is 1. The van der Waals surface area contributed by atoms with Gasteiger partial charge in [-0.1, -0.05) is 29.8 Å². The maximum Gasteiger partial charge on any atom is 0.342 e. The monoisotopic (exact) mass is 446 g/mol. The van der Waals surface area contributed by atoms with E-state index in [4.69, 9.17) is 25.5 Å². The minimum absolute atomic E-state index is 0.0379. The van der Waals surface area contributed by atoms with E-state index in [1.165, 1.54) is 6.08 Å². The highest BCUT2D eigenvalue weighted by molar-refractivity contribution is 8.03. The van der Waals surface area contributed by atoms with Crippen molar-refractivity contribution < 1.29 is 23.8 Å². The van der Waals surface area contributed by atoms with Gasteiger partial charge in [0.05, 0.1) is 6.61 Å². The average molecular weight is 447 g/mol. The normalized spacial score (nSPS) is 11.4. The van der Waals surface area contributed by atoms with E-state index >= 15 is 0 Å². The smallest absolute Gasteiger partial charge is 0.342 e. The molecule has 156 valence electrons. The third-order valence-corrected chi connectivity index (χ3v) is 4.89. The number of aliphatic carboxylic acids is 1. The molecule has 3 rings (SSSR count). The van der Waals surface area contributed by atoms with Crippen molar-refractivity contribution >= 4 is 35.4 Å². The predicted octanol–water partition coefficient (Wildman–Crippen LogP) is 5.23. The van der Waals surface area contributed by atoms with E-state index in [1.54, 1.807) is 37.3 Å². The van der Waals surface area contributed by atoms with E-state index in [2.05, 4.69) is 10.2 Å². The van der Waals surface area contributed by atoms with Crippen molar-refractivity contribution in [2.45, 2.75) is 25.7 Å². The number of benzene rings is 2. The summed E-state index contributed by atoms with van der Waals surface area (Å²) < 4.78 is 16.8. The Hall–Kier alpha value is -2.97. The largest absolute Gasteiger partial charge is 0.490 e. The summed E-state index contributed by atoms with van der Waals surface area (Å²) >= 11 is 6.79. The molecule has 2 aromatic carbocycles. The number of carboxylic acid groups (broad SMARTS) is 1. The molecule has 9 heteroatoms. The first-order valence-corrected chi connectivity index (χ1v) is 10.2. The van der Waals surface area contributed by atoms with Crippen LogP contribution in [0.25, 0.3) is 6.08 Å². The van der Waals surface area contributed by atoms with Crippen LogP contribution in [-0.4, -0.2) is 27.9 Å². The van der Waals surface area contributed by atoms with Crippen molar-refractivity contribution in [3.05, 3.63) is 69.4 Å². The maximum atomic E-state index is 11.6. The fraction of sp³-hybridized carbons (Fsp3) is 0.190. The molecule has 0 aliphatic rings. The van der Waals surface area contributed by atoms with E-state index in [-0.39, 0.29) is 10.1 Å². The molecule has 3 aromatic rings. The number of thioether (sulfide) groups is 1. The highest BCUT2D eigenvalue weighted by Gasteiger charge is 2.15. The zero-order valence-corrected chi connectivity index (χ0v) is 17.9. The minimum Gasteiger partial charge on any atom is -0.490 e. The first kappa shape index (κ1) is 21.7. The highest BCUT2D eigenvalue weighted by atomic mass is 35.5. The maximum absolute atomic E-state index is 11.6. The number of ether oxygens (including phenoxy) is 2. The summed E-state index contributed by atoms with van der Waals surface area (Å²) in [6.45, 7) is 4.28. The van der Waals surface area contributed by atoms with Crippen LogP contribution in [-0.2, 0) is 11.4 Å². The molecule has 0 saturated carbocycles. The Morgan fingerprint density at radius 3 is 2.57 bits per heavy atom. The Bertz CT molecular complexity index is 1050. The molecule has 1 heterocycles. The molecule has 30 heavy (non-hydrogen) atoms. The second-order valence-corrected chi connectivity index (χ2v) is 7.49. The fourth-order valence-electron chi connectivity index (χ4n) is 2.44. The van der Waals surface area contributed by atoms with Crippen LogP contribution in [0.15, 0.2) is 57.0 Å². The van der Waals surface area contributed by atoms with Crippen LogP contribution < -0.4 is 9.47 Å². The van der Waals surface area contributed by atoms with Crippen molar-refractivity contribution in [3.63, 3.8) is 0 Å².